The molecular formula is C32H32F2N6O4S. The number of nitrogens with zero attached hydrogens (tertiary/aromatic N) is 6. The molecule has 2 atom stereocenters. The van der Waals surface area contributed by atoms with Gasteiger partial charge in [0.25, 0.3) is 10.0 Å². The molecule has 0 saturated heterocycles. The summed E-state index contributed by atoms with van der Waals surface area (Å²) in [5.74, 6) is -1.37. The smallest absolute Gasteiger partial charge is 0.262 e. The Balaban J connectivity index is 1.33. The van der Waals surface area contributed by atoms with Crippen molar-refractivity contribution in [1.82, 2.24) is 28.9 Å². The number of Topliss-reactive ketones (excluding diaryl/α,β-unsaturated/α-hetero) is 1. The van der Waals surface area contributed by atoms with E-state index in [4.69, 9.17) is 0 Å². The summed E-state index contributed by atoms with van der Waals surface area (Å²) in [6, 6.07) is 8.58. The van der Waals surface area contributed by atoms with E-state index in [9.17, 15) is 27.1 Å². The average molecular weight is 635 g/mol. The molecule has 7 rings (SSSR count). The molecule has 0 radical (unpaired) electrons. The van der Waals surface area contributed by atoms with Crippen LogP contribution < -0.4 is 0 Å². The maximum atomic E-state index is 14.5. The molecule has 3 aliphatic rings. The van der Waals surface area contributed by atoms with Gasteiger partial charge in [-0.25, -0.2) is 21.9 Å². The number of pyridine rings is 1. The van der Waals surface area contributed by atoms with E-state index < -0.39 is 44.7 Å². The number of fused-ring (bicyclic) bond motifs is 2. The third-order valence-corrected chi connectivity index (χ3v) is 11.3. The predicted octanol–water partition coefficient (Wildman–Crippen LogP) is 4.24. The molecule has 0 spiro atoms. The van der Waals surface area contributed by atoms with Crippen LogP contribution >= 0.6 is 0 Å². The minimum atomic E-state index is -4.11. The molecule has 10 nitrogen and oxygen atoms in total. The van der Waals surface area contributed by atoms with Gasteiger partial charge in [0.1, 0.15) is 17.3 Å². The van der Waals surface area contributed by atoms with Crippen LogP contribution in [0, 0.1) is 17.0 Å². The second kappa shape index (κ2) is 10.5. The number of carbonyl (C=O) groups is 1. The van der Waals surface area contributed by atoms with Gasteiger partial charge in [-0.15, -0.1) is 0 Å². The molecule has 1 aromatic carbocycles. The van der Waals surface area contributed by atoms with E-state index >= 15 is 0 Å². The molecule has 0 bridgehead atoms. The number of hydrogen-bond acceptors (Lipinski definition) is 7. The molecule has 3 aliphatic carbocycles. The van der Waals surface area contributed by atoms with E-state index in [1.807, 2.05) is 6.08 Å². The zero-order chi connectivity index (χ0) is 31.7. The number of aryl methyl sites for hydroxylation is 1. The maximum absolute atomic E-state index is 14.5. The van der Waals surface area contributed by atoms with Gasteiger partial charge in [0.15, 0.2) is 10.8 Å². The van der Waals surface area contributed by atoms with Crippen molar-refractivity contribution in [3.05, 3.63) is 95.2 Å². The second-order valence-corrected chi connectivity index (χ2v) is 14.5. The van der Waals surface area contributed by atoms with Crippen LogP contribution in [0.3, 0.4) is 0 Å². The van der Waals surface area contributed by atoms with E-state index in [-0.39, 0.29) is 42.2 Å². The van der Waals surface area contributed by atoms with Gasteiger partial charge in [0, 0.05) is 37.6 Å². The van der Waals surface area contributed by atoms with Crippen LogP contribution in [-0.4, -0.2) is 65.8 Å². The number of sulfonamides is 1. The van der Waals surface area contributed by atoms with Crippen molar-refractivity contribution in [2.24, 2.45) is 12.5 Å². The summed E-state index contributed by atoms with van der Waals surface area (Å²) in [7, 11) is -2.47. The summed E-state index contributed by atoms with van der Waals surface area (Å²) < 4.78 is 61.0. The van der Waals surface area contributed by atoms with Gasteiger partial charge in [-0.3, -0.25) is 14.5 Å². The Labute approximate surface area is 259 Å². The fourth-order valence-corrected chi connectivity index (χ4v) is 9.12. The van der Waals surface area contributed by atoms with Crippen molar-refractivity contribution in [3.63, 3.8) is 0 Å². The summed E-state index contributed by atoms with van der Waals surface area (Å²) in [6.45, 7) is 1.68. The second-order valence-electron chi connectivity index (χ2n) is 12.7. The van der Waals surface area contributed by atoms with E-state index in [2.05, 4.69) is 15.2 Å². The molecular weight excluding hydrogens is 602 g/mol. The highest BCUT2D eigenvalue weighted by atomic mass is 32.2. The monoisotopic (exact) mass is 634 g/mol. The van der Waals surface area contributed by atoms with Crippen LogP contribution in [0.4, 0.5) is 8.78 Å². The van der Waals surface area contributed by atoms with E-state index in [0.717, 1.165) is 22.9 Å². The topological polar surface area (TPSA) is 123 Å². The highest BCUT2D eigenvalue weighted by molar-refractivity contribution is 7.89. The Kier molecular flexibility index (Phi) is 6.91. The number of benzene rings is 1. The quantitative estimate of drug-likeness (QED) is 0.302. The molecule has 2 saturated carbocycles. The lowest BCUT2D eigenvalue weighted by Gasteiger charge is -2.52. The van der Waals surface area contributed by atoms with Crippen molar-refractivity contribution >= 4 is 21.9 Å². The van der Waals surface area contributed by atoms with Crippen molar-refractivity contribution in [2.45, 2.75) is 68.2 Å². The molecule has 0 unspecified atom stereocenters. The molecule has 3 heterocycles. The van der Waals surface area contributed by atoms with Gasteiger partial charge < -0.3 is 5.11 Å². The van der Waals surface area contributed by atoms with Crippen LogP contribution in [0.5, 0.6) is 0 Å². The number of allylic oxidation sites excluding steroid dienone is 1. The average Bonchev–Trinajstić information content (AvgIpc) is 3.61. The lowest BCUT2D eigenvalue weighted by atomic mass is 9.60. The van der Waals surface area contributed by atoms with Gasteiger partial charge in [-0.1, -0.05) is 5.57 Å². The highest BCUT2D eigenvalue weighted by Gasteiger charge is 2.55. The Morgan fingerprint density at radius 3 is 2.49 bits per heavy atom. The van der Waals surface area contributed by atoms with Crippen LogP contribution in [0.1, 0.15) is 60.8 Å². The largest absolute Gasteiger partial charge is 0.390 e. The summed E-state index contributed by atoms with van der Waals surface area (Å²) in [5, 5.41) is 19.3. The zero-order valence-corrected chi connectivity index (χ0v) is 25.6. The van der Waals surface area contributed by atoms with E-state index in [1.165, 1.54) is 39.4 Å². The van der Waals surface area contributed by atoms with Gasteiger partial charge in [-0.2, -0.15) is 14.5 Å². The molecule has 45 heavy (non-hydrogen) atoms. The summed E-state index contributed by atoms with van der Waals surface area (Å²) in [6.07, 6.45) is 8.01. The minimum absolute atomic E-state index is 0.0402. The summed E-state index contributed by atoms with van der Waals surface area (Å²) >= 11 is 0. The fraction of sp³-hybridized carbons (Fsp3) is 0.375. The third kappa shape index (κ3) is 5.02. The van der Waals surface area contributed by atoms with Gasteiger partial charge in [-0.05, 0) is 93.5 Å². The number of rotatable bonds is 7. The molecule has 0 amide bonds. The number of carbonyl (C=O) groups excluding carboxylic acids is 1. The molecule has 13 heteroatoms. The van der Waals surface area contributed by atoms with Crippen LogP contribution in [0.25, 0.3) is 11.8 Å². The lowest BCUT2D eigenvalue weighted by Crippen LogP contribution is -2.60. The van der Waals surface area contributed by atoms with Gasteiger partial charge in [0.2, 0.25) is 0 Å². The number of hydrogen-bond donors (Lipinski definition) is 1. The number of halogens is 2. The predicted molar refractivity (Wildman–Crippen MR) is 160 cm³/mol. The Morgan fingerprint density at radius 2 is 1.82 bits per heavy atom. The van der Waals surface area contributed by atoms with Crippen LogP contribution in [0.15, 0.2) is 71.7 Å². The molecule has 1 N–H and O–H groups in total. The Hall–Kier alpha value is -4.07. The first-order valence-electron chi connectivity index (χ1n) is 14.8. The first-order chi connectivity index (χ1) is 21.4. The Morgan fingerprint density at radius 1 is 1.07 bits per heavy atom. The molecule has 2 fully saturated rings. The van der Waals surface area contributed by atoms with Crippen LogP contribution in [-0.2, 0) is 23.5 Å². The summed E-state index contributed by atoms with van der Waals surface area (Å²) in [4.78, 5) is 18.7. The lowest BCUT2D eigenvalue weighted by molar-refractivity contribution is -0.0690. The van der Waals surface area contributed by atoms with Gasteiger partial charge >= 0.3 is 0 Å². The van der Waals surface area contributed by atoms with Crippen molar-refractivity contribution in [1.29, 1.82) is 0 Å². The van der Waals surface area contributed by atoms with E-state index in [1.54, 1.807) is 43.2 Å². The molecule has 3 aromatic heterocycles. The molecule has 4 aromatic rings. The van der Waals surface area contributed by atoms with E-state index in [0.29, 0.717) is 18.5 Å². The normalized spacial score (nSPS) is 26.1. The number of aliphatic hydroxyl groups is 1. The highest BCUT2D eigenvalue weighted by Crippen LogP contribution is 2.53. The SMILES string of the molecule is Cn1ccc(S(=O)(=O)N(C2CC(C)(O)C2)[C@H]2CCC3=Cc4c(cnn4-c4ccc(F)cc4)C[C@]3(C(=O)c3cc(F)ccn3)C2)n1. The standard InChI is InChI=1S/C32H32F2N6O4S/c1-31(42)16-26(17-31)40(45(43,44)29-10-12-38(2)37-29)25-6-3-21-13-28-20(19-36-39(28)24-7-4-22(33)5-8-24)15-32(21,18-25)30(41)27-14-23(34)9-11-35-27/h4-5,7-14,19,25-26,42H,3,6,15-18H2,1-2H3/t25-,26?,31?,32-/m0/s1. The van der Waals surface area contributed by atoms with Crippen molar-refractivity contribution in [3.8, 4) is 5.69 Å². The minimum Gasteiger partial charge on any atom is -0.390 e. The number of aromatic nitrogens is 5. The Bertz CT molecular complexity index is 1940. The zero-order valence-electron chi connectivity index (χ0n) is 24.8. The molecule has 0 aliphatic heterocycles. The first-order valence-corrected chi connectivity index (χ1v) is 16.3. The van der Waals surface area contributed by atoms with Crippen molar-refractivity contribution in [2.75, 3.05) is 0 Å². The molecule has 234 valence electrons. The number of ketones is 1. The summed E-state index contributed by atoms with van der Waals surface area (Å²) in [5.41, 5.74) is 0.660. The first kappa shape index (κ1) is 29.6. The van der Waals surface area contributed by atoms with Crippen LogP contribution in [0.2, 0.25) is 0 Å². The third-order valence-electron chi connectivity index (χ3n) is 9.40. The fourth-order valence-electron chi connectivity index (χ4n) is 7.33. The van der Waals surface area contributed by atoms with Crippen molar-refractivity contribution < 1.29 is 27.1 Å². The maximum Gasteiger partial charge on any atom is 0.262 e. The van der Waals surface area contributed by atoms with Gasteiger partial charge in [0.05, 0.1) is 28.6 Å².